The van der Waals surface area contributed by atoms with Crippen molar-refractivity contribution in [3.63, 3.8) is 0 Å². The van der Waals surface area contributed by atoms with Crippen LogP contribution in [-0.4, -0.2) is 20.4 Å². The Morgan fingerprint density at radius 3 is 2.60 bits per heavy atom. The molecule has 2 aromatic heterocycles. The highest BCUT2D eigenvalue weighted by Gasteiger charge is 2.22. The second-order valence-electron chi connectivity index (χ2n) is 7.04. The maximum atomic E-state index is 12.9. The van der Waals surface area contributed by atoms with Crippen molar-refractivity contribution < 1.29 is 4.79 Å². The van der Waals surface area contributed by atoms with Gasteiger partial charge >= 0.3 is 0 Å². The van der Waals surface area contributed by atoms with Crippen molar-refractivity contribution in [3.05, 3.63) is 64.1 Å². The van der Waals surface area contributed by atoms with E-state index in [9.17, 15) is 10.1 Å². The number of carbonyl (C=O) groups is 1. The van der Waals surface area contributed by atoms with Gasteiger partial charge in [-0.2, -0.15) is 5.26 Å². The number of unbranched alkanes of at least 4 members (excludes halogenated alkanes) is 2. The number of carbonyl (C=O) groups excluding carboxylic acids is 1. The molecular formula is C23H20BrN5O. The average Bonchev–Trinajstić information content (AvgIpc) is 3.03. The zero-order valence-electron chi connectivity index (χ0n) is 16.5. The first kappa shape index (κ1) is 20.0. The zero-order chi connectivity index (χ0) is 21.1. The van der Waals surface area contributed by atoms with E-state index in [1.165, 1.54) is 0 Å². The van der Waals surface area contributed by atoms with Crippen LogP contribution in [0.3, 0.4) is 0 Å². The van der Waals surface area contributed by atoms with E-state index in [1.807, 2.05) is 34.9 Å². The summed E-state index contributed by atoms with van der Waals surface area (Å²) in [7, 11) is 0. The number of aromatic nitrogens is 3. The van der Waals surface area contributed by atoms with Crippen LogP contribution in [0.5, 0.6) is 0 Å². The van der Waals surface area contributed by atoms with Crippen LogP contribution < -0.4 is 5.32 Å². The molecule has 0 aliphatic rings. The van der Waals surface area contributed by atoms with Crippen molar-refractivity contribution in [2.75, 3.05) is 5.32 Å². The van der Waals surface area contributed by atoms with Crippen LogP contribution in [0.2, 0.25) is 0 Å². The molecule has 30 heavy (non-hydrogen) atoms. The Balaban J connectivity index is 1.87. The summed E-state index contributed by atoms with van der Waals surface area (Å²) in [6, 6.07) is 17.0. The van der Waals surface area contributed by atoms with Gasteiger partial charge in [-0.1, -0.05) is 53.9 Å². The molecule has 2 heterocycles. The van der Waals surface area contributed by atoms with Gasteiger partial charge in [-0.15, -0.1) is 0 Å². The van der Waals surface area contributed by atoms with Gasteiger partial charge in [0.05, 0.1) is 11.0 Å². The fourth-order valence-electron chi connectivity index (χ4n) is 3.48. The number of nitrogens with zero attached hydrogens (tertiary/aromatic N) is 4. The van der Waals surface area contributed by atoms with Gasteiger partial charge in [0, 0.05) is 16.6 Å². The SMILES string of the molecule is CCCCCn1c(NC(=O)c2cccc(Br)c2)c(C#N)c2nc3ccccc3nc21. The third-order valence-electron chi connectivity index (χ3n) is 4.97. The number of nitrogens with one attached hydrogen (secondary N) is 1. The smallest absolute Gasteiger partial charge is 0.256 e. The minimum Gasteiger partial charge on any atom is -0.309 e. The highest BCUT2D eigenvalue weighted by atomic mass is 79.9. The van der Waals surface area contributed by atoms with Gasteiger partial charge < -0.3 is 9.88 Å². The molecule has 0 saturated carbocycles. The van der Waals surface area contributed by atoms with Crippen LogP contribution in [0.25, 0.3) is 22.2 Å². The summed E-state index contributed by atoms with van der Waals surface area (Å²) in [5.74, 6) is 0.167. The van der Waals surface area contributed by atoms with E-state index in [0.717, 1.165) is 34.8 Å². The van der Waals surface area contributed by atoms with Crippen LogP contribution in [0.15, 0.2) is 53.0 Å². The zero-order valence-corrected chi connectivity index (χ0v) is 18.1. The molecule has 0 fully saturated rings. The van der Waals surface area contributed by atoms with Crippen molar-refractivity contribution in [3.8, 4) is 6.07 Å². The summed E-state index contributed by atoms with van der Waals surface area (Å²) >= 11 is 3.40. The van der Waals surface area contributed by atoms with E-state index in [1.54, 1.807) is 18.2 Å². The topological polar surface area (TPSA) is 83.6 Å². The number of fused-ring (bicyclic) bond motifs is 2. The lowest BCUT2D eigenvalue weighted by atomic mass is 10.2. The molecule has 6 nitrogen and oxygen atoms in total. The van der Waals surface area contributed by atoms with Crippen LogP contribution in [-0.2, 0) is 6.54 Å². The van der Waals surface area contributed by atoms with Crippen molar-refractivity contribution in [1.29, 1.82) is 5.26 Å². The van der Waals surface area contributed by atoms with Gasteiger partial charge in [0.25, 0.3) is 5.91 Å². The molecule has 1 N–H and O–H groups in total. The summed E-state index contributed by atoms with van der Waals surface area (Å²) in [6.07, 6.45) is 3.03. The molecular weight excluding hydrogens is 442 g/mol. The normalized spacial score (nSPS) is 11.0. The van der Waals surface area contributed by atoms with E-state index in [4.69, 9.17) is 4.98 Å². The molecule has 2 aromatic carbocycles. The average molecular weight is 462 g/mol. The molecule has 0 spiro atoms. The number of hydrogen-bond acceptors (Lipinski definition) is 4. The number of anilines is 1. The Morgan fingerprint density at radius 1 is 1.13 bits per heavy atom. The lowest BCUT2D eigenvalue weighted by Gasteiger charge is -2.12. The molecule has 0 atom stereocenters. The van der Waals surface area contributed by atoms with Crippen LogP contribution in [0.1, 0.15) is 42.1 Å². The molecule has 1 amide bonds. The summed E-state index contributed by atoms with van der Waals surface area (Å²) in [4.78, 5) is 22.4. The second kappa shape index (κ2) is 8.64. The Hall–Kier alpha value is -3.24. The Kier molecular flexibility index (Phi) is 5.77. The Labute approximate surface area is 182 Å². The lowest BCUT2D eigenvalue weighted by Crippen LogP contribution is -2.16. The molecule has 0 aliphatic carbocycles. The van der Waals surface area contributed by atoms with Gasteiger partial charge in [0.15, 0.2) is 5.65 Å². The highest BCUT2D eigenvalue weighted by Crippen LogP contribution is 2.30. The number of nitriles is 1. The number of benzene rings is 2. The summed E-state index contributed by atoms with van der Waals surface area (Å²) < 4.78 is 2.73. The number of rotatable bonds is 6. The maximum absolute atomic E-state index is 12.9. The predicted octanol–water partition coefficient (Wildman–Crippen LogP) is 5.66. The van der Waals surface area contributed by atoms with E-state index in [0.29, 0.717) is 34.7 Å². The number of halogens is 1. The molecule has 0 unspecified atom stereocenters. The monoisotopic (exact) mass is 461 g/mol. The molecule has 4 rings (SSSR count). The first-order valence-corrected chi connectivity index (χ1v) is 10.7. The first-order chi connectivity index (χ1) is 14.6. The van der Waals surface area contributed by atoms with Crippen molar-refractivity contribution in [2.45, 2.75) is 32.7 Å². The molecule has 4 aromatic rings. The van der Waals surface area contributed by atoms with Gasteiger partial charge in [-0.05, 0) is 36.8 Å². The third-order valence-corrected chi connectivity index (χ3v) is 5.46. The predicted molar refractivity (Wildman–Crippen MR) is 121 cm³/mol. The summed E-state index contributed by atoms with van der Waals surface area (Å²) in [5, 5.41) is 12.9. The molecule has 0 bridgehead atoms. The maximum Gasteiger partial charge on any atom is 0.256 e. The van der Waals surface area contributed by atoms with E-state index in [2.05, 4.69) is 39.2 Å². The Morgan fingerprint density at radius 2 is 1.90 bits per heavy atom. The number of amides is 1. The quantitative estimate of drug-likeness (QED) is 0.375. The van der Waals surface area contributed by atoms with Gasteiger partial charge in [-0.25, -0.2) is 9.97 Å². The highest BCUT2D eigenvalue weighted by molar-refractivity contribution is 9.10. The fraction of sp³-hybridized carbons (Fsp3) is 0.217. The lowest BCUT2D eigenvalue weighted by molar-refractivity contribution is 0.102. The number of hydrogen-bond donors (Lipinski definition) is 1. The number of aryl methyl sites for hydroxylation is 1. The standard InChI is InChI=1S/C23H20BrN5O/c1-2-3-6-12-29-21(28-23(30)15-8-7-9-16(24)13-15)17(14-25)20-22(29)27-19-11-5-4-10-18(19)26-20/h4-5,7-11,13H,2-3,6,12H2,1H3,(H,28,30). The minimum atomic E-state index is -0.281. The van der Waals surface area contributed by atoms with Crippen molar-refractivity contribution >= 4 is 49.9 Å². The molecule has 0 radical (unpaired) electrons. The molecule has 0 aliphatic heterocycles. The van der Waals surface area contributed by atoms with Gasteiger partial charge in [-0.3, -0.25) is 4.79 Å². The Bertz CT molecular complexity index is 1290. The van der Waals surface area contributed by atoms with Gasteiger partial charge in [0.2, 0.25) is 0 Å². The van der Waals surface area contributed by atoms with Gasteiger partial charge in [0.1, 0.15) is 23.0 Å². The van der Waals surface area contributed by atoms with E-state index in [-0.39, 0.29) is 5.91 Å². The van der Waals surface area contributed by atoms with Crippen molar-refractivity contribution in [1.82, 2.24) is 14.5 Å². The van der Waals surface area contributed by atoms with Crippen molar-refractivity contribution in [2.24, 2.45) is 0 Å². The molecule has 0 saturated heterocycles. The fourth-order valence-corrected chi connectivity index (χ4v) is 3.88. The van der Waals surface area contributed by atoms with Crippen LogP contribution in [0, 0.1) is 11.3 Å². The second-order valence-corrected chi connectivity index (χ2v) is 7.96. The third kappa shape index (κ3) is 3.79. The first-order valence-electron chi connectivity index (χ1n) is 9.88. The number of para-hydroxylation sites is 2. The van der Waals surface area contributed by atoms with Crippen LogP contribution >= 0.6 is 15.9 Å². The molecule has 7 heteroatoms. The summed E-state index contributed by atoms with van der Waals surface area (Å²) in [5.41, 5.74) is 3.45. The minimum absolute atomic E-state index is 0.281. The molecule has 150 valence electrons. The van der Waals surface area contributed by atoms with E-state index >= 15 is 0 Å². The largest absolute Gasteiger partial charge is 0.309 e. The van der Waals surface area contributed by atoms with E-state index < -0.39 is 0 Å². The van der Waals surface area contributed by atoms with Crippen LogP contribution in [0.4, 0.5) is 5.82 Å². The summed E-state index contributed by atoms with van der Waals surface area (Å²) in [6.45, 7) is 2.78.